The summed E-state index contributed by atoms with van der Waals surface area (Å²) in [6.07, 6.45) is 4.35. The maximum atomic E-state index is 11.8. The zero-order valence-corrected chi connectivity index (χ0v) is 9.92. The molecular formula is C11H18O3S. The predicted molar refractivity (Wildman–Crippen MR) is 59.2 cm³/mol. The van der Waals surface area contributed by atoms with Gasteiger partial charge in [0.25, 0.3) is 0 Å². The summed E-state index contributed by atoms with van der Waals surface area (Å²) in [4.78, 5) is 11.8. The van der Waals surface area contributed by atoms with Gasteiger partial charge < -0.3 is 4.74 Å². The van der Waals surface area contributed by atoms with Crippen LogP contribution < -0.4 is 0 Å². The fourth-order valence-electron chi connectivity index (χ4n) is 2.70. The number of rotatable bonds is 4. The number of ketones is 1. The predicted octanol–water partition coefficient (Wildman–Crippen LogP) is 1.28. The number of ether oxygens (including phenoxy) is 1. The summed E-state index contributed by atoms with van der Waals surface area (Å²) < 4.78 is 16.7. The highest BCUT2D eigenvalue weighted by molar-refractivity contribution is 7.86. The van der Waals surface area contributed by atoms with Gasteiger partial charge in [-0.15, -0.1) is 0 Å². The first-order valence-corrected chi connectivity index (χ1v) is 6.91. The Morgan fingerprint density at radius 2 is 1.93 bits per heavy atom. The van der Waals surface area contributed by atoms with Crippen molar-refractivity contribution in [2.24, 2.45) is 5.92 Å². The van der Waals surface area contributed by atoms with Crippen LogP contribution in [-0.4, -0.2) is 34.2 Å². The standard InChI is InChI=1S/C11H18O3S/c1-14-5-4-11(12)8-6-9-2-3-10(7-8)15(9)13/h8-10H,2-7H2,1H3. The van der Waals surface area contributed by atoms with E-state index in [1.54, 1.807) is 7.11 Å². The van der Waals surface area contributed by atoms with Crippen LogP contribution in [-0.2, 0) is 20.3 Å². The van der Waals surface area contributed by atoms with Crippen molar-refractivity contribution in [2.45, 2.75) is 42.6 Å². The summed E-state index contributed by atoms with van der Waals surface area (Å²) in [5, 5.41) is 0.612. The molecule has 2 atom stereocenters. The van der Waals surface area contributed by atoms with Gasteiger partial charge in [0.05, 0.1) is 6.61 Å². The Morgan fingerprint density at radius 1 is 1.33 bits per heavy atom. The van der Waals surface area contributed by atoms with E-state index >= 15 is 0 Å². The Hall–Kier alpha value is -0.220. The van der Waals surface area contributed by atoms with E-state index in [0.29, 0.717) is 29.3 Å². The maximum absolute atomic E-state index is 11.8. The second-order valence-electron chi connectivity index (χ2n) is 4.53. The van der Waals surface area contributed by atoms with E-state index < -0.39 is 10.8 Å². The van der Waals surface area contributed by atoms with Crippen LogP contribution >= 0.6 is 0 Å². The molecule has 0 saturated carbocycles. The lowest BCUT2D eigenvalue weighted by molar-refractivity contribution is -0.124. The largest absolute Gasteiger partial charge is 0.384 e. The topological polar surface area (TPSA) is 43.4 Å². The number of fused-ring (bicyclic) bond motifs is 2. The van der Waals surface area contributed by atoms with Crippen LogP contribution in [0, 0.1) is 5.92 Å². The van der Waals surface area contributed by atoms with Crippen LogP contribution in [0.2, 0.25) is 0 Å². The Bertz CT molecular complexity index is 261. The molecule has 0 radical (unpaired) electrons. The van der Waals surface area contributed by atoms with Gasteiger partial charge in [-0.2, -0.15) is 0 Å². The van der Waals surface area contributed by atoms with Crippen molar-refractivity contribution in [3.8, 4) is 0 Å². The molecule has 0 amide bonds. The minimum atomic E-state index is -0.645. The molecule has 0 aromatic heterocycles. The lowest BCUT2D eigenvalue weighted by Gasteiger charge is -2.26. The van der Waals surface area contributed by atoms with E-state index in [1.165, 1.54) is 0 Å². The molecule has 2 bridgehead atoms. The normalized spacial score (nSPS) is 39.3. The van der Waals surface area contributed by atoms with Crippen LogP contribution in [0.1, 0.15) is 32.1 Å². The smallest absolute Gasteiger partial charge is 0.138 e. The Kier molecular flexibility index (Phi) is 3.57. The summed E-state index contributed by atoms with van der Waals surface area (Å²) in [5.74, 6) is 0.473. The first kappa shape index (κ1) is 11.3. The van der Waals surface area contributed by atoms with E-state index in [1.807, 2.05) is 0 Å². The van der Waals surface area contributed by atoms with E-state index in [2.05, 4.69) is 0 Å². The summed E-state index contributed by atoms with van der Waals surface area (Å²) in [5.41, 5.74) is 0. The molecule has 0 N–H and O–H groups in total. The van der Waals surface area contributed by atoms with Gasteiger partial charge in [-0.25, -0.2) is 0 Å². The van der Waals surface area contributed by atoms with Crippen molar-refractivity contribution in [3.63, 3.8) is 0 Å². The third-order valence-electron chi connectivity index (χ3n) is 3.57. The highest BCUT2D eigenvalue weighted by Crippen LogP contribution is 2.39. The molecule has 15 heavy (non-hydrogen) atoms. The van der Waals surface area contributed by atoms with Gasteiger partial charge in [0, 0.05) is 40.7 Å². The van der Waals surface area contributed by atoms with Crippen LogP contribution in [0.3, 0.4) is 0 Å². The Morgan fingerprint density at radius 3 is 2.47 bits per heavy atom. The quantitative estimate of drug-likeness (QED) is 0.730. The van der Waals surface area contributed by atoms with Gasteiger partial charge >= 0.3 is 0 Å². The number of hydrogen-bond donors (Lipinski definition) is 0. The molecule has 2 fully saturated rings. The zero-order chi connectivity index (χ0) is 10.8. The monoisotopic (exact) mass is 230 g/mol. The van der Waals surface area contributed by atoms with Gasteiger partial charge in [0.1, 0.15) is 5.78 Å². The van der Waals surface area contributed by atoms with Crippen molar-refractivity contribution in [1.82, 2.24) is 0 Å². The third-order valence-corrected chi connectivity index (χ3v) is 5.74. The number of Topliss-reactive ketones (excluding diaryl/α,β-unsaturated/α-hetero) is 1. The number of hydrogen-bond acceptors (Lipinski definition) is 3. The van der Waals surface area contributed by atoms with Crippen LogP contribution in [0.25, 0.3) is 0 Å². The first-order chi connectivity index (χ1) is 7.22. The van der Waals surface area contributed by atoms with Gasteiger partial charge in [0.2, 0.25) is 0 Å². The Balaban J connectivity index is 1.91. The maximum Gasteiger partial charge on any atom is 0.138 e. The molecule has 2 aliphatic rings. The lowest BCUT2D eigenvalue weighted by Crippen LogP contribution is -2.32. The van der Waals surface area contributed by atoms with Crippen molar-refractivity contribution in [3.05, 3.63) is 0 Å². The third kappa shape index (κ3) is 2.31. The number of methoxy groups -OCH3 is 1. The van der Waals surface area contributed by atoms with E-state index in [0.717, 1.165) is 25.7 Å². The second kappa shape index (κ2) is 4.74. The molecule has 0 aromatic rings. The molecule has 2 saturated heterocycles. The summed E-state index contributed by atoms with van der Waals surface area (Å²) in [6, 6.07) is 0. The first-order valence-electron chi connectivity index (χ1n) is 5.63. The average Bonchev–Trinajstić information content (AvgIpc) is 2.49. The highest BCUT2D eigenvalue weighted by Gasteiger charge is 2.42. The van der Waals surface area contributed by atoms with Gasteiger partial charge in [-0.3, -0.25) is 9.00 Å². The summed E-state index contributed by atoms with van der Waals surface area (Å²) in [6.45, 7) is 0.522. The summed E-state index contributed by atoms with van der Waals surface area (Å²) in [7, 11) is 0.973. The Labute approximate surface area is 93.0 Å². The van der Waals surface area contributed by atoms with E-state index in [9.17, 15) is 9.00 Å². The highest BCUT2D eigenvalue weighted by atomic mass is 32.2. The number of carbonyl (C=O) groups is 1. The minimum Gasteiger partial charge on any atom is -0.384 e. The molecule has 2 heterocycles. The molecule has 86 valence electrons. The van der Waals surface area contributed by atoms with Crippen molar-refractivity contribution in [2.75, 3.05) is 13.7 Å². The van der Waals surface area contributed by atoms with Crippen LogP contribution in [0.4, 0.5) is 0 Å². The summed E-state index contributed by atoms with van der Waals surface area (Å²) >= 11 is 0. The fourth-order valence-corrected chi connectivity index (χ4v) is 4.83. The van der Waals surface area contributed by atoms with E-state index in [-0.39, 0.29) is 5.92 Å². The van der Waals surface area contributed by atoms with Gasteiger partial charge in [-0.05, 0) is 25.7 Å². The van der Waals surface area contributed by atoms with Crippen LogP contribution in [0.5, 0.6) is 0 Å². The molecule has 2 aliphatic heterocycles. The molecule has 0 spiro atoms. The van der Waals surface area contributed by atoms with Crippen molar-refractivity contribution in [1.29, 1.82) is 0 Å². The van der Waals surface area contributed by atoms with Crippen molar-refractivity contribution >= 4 is 16.6 Å². The molecule has 2 unspecified atom stereocenters. The molecule has 0 aliphatic carbocycles. The SMILES string of the molecule is COCCC(=O)C1CC2CCC(C1)S2=O. The zero-order valence-electron chi connectivity index (χ0n) is 9.11. The molecule has 3 nitrogen and oxygen atoms in total. The minimum absolute atomic E-state index is 0.162. The van der Waals surface area contributed by atoms with Crippen LogP contribution in [0.15, 0.2) is 0 Å². The van der Waals surface area contributed by atoms with E-state index in [4.69, 9.17) is 4.74 Å². The molecule has 0 aromatic carbocycles. The number of carbonyl (C=O) groups excluding carboxylic acids is 1. The fraction of sp³-hybridized carbons (Fsp3) is 0.909. The average molecular weight is 230 g/mol. The van der Waals surface area contributed by atoms with Gasteiger partial charge in [-0.1, -0.05) is 0 Å². The van der Waals surface area contributed by atoms with Gasteiger partial charge in [0.15, 0.2) is 0 Å². The second-order valence-corrected chi connectivity index (χ2v) is 6.52. The van der Waals surface area contributed by atoms with Crippen molar-refractivity contribution < 1.29 is 13.7 Å². The molecule has 2 rings (SSSR count). The lowest BCUT2D eigenvalue weighted by atomic mass is 9.93. The molecular weight excluding hydrogens is 212 g/mol. The molecule has 4 heteroatoms.